The molecule has 0 N–H and O–H groups in total. The molecule has 0 atom stereocenters. The highest BCUT2D eigenvalue weighted by atomic mass is 16.3. The summed E-state index contributed by atoms with van der Waals surface area (Å²) in [6.07, 6.45) is 0. The van der Waals surface area contributed by atoms with Crippen LogP contribution in [0.4, 0.5) is 0 Å². The highest BCUT2D eigenvalue weighted by molar-refractivity contribution is 6.17. The molecule has 252 valence electrons. The van der Waals surface area contributed by atoms with E-state index >= 15 is 0 Å². The second-order valence-electron chi connectivity index (χ2n) is 13.6. The van der Waals surface area contributed by atoms with E-state index in [1.165, 1.54) is 10.8 Å². The summed E-state index contributed by atoms with van der Waals surface area (Å²) in [5, 5.41) is 6.57. The third kappa shape index (κ3) is 4.76. The molecule has 3 heterocycles. The lowest BCUT2D eigenvalue weighted by Gasteiger charge is -2.12. The topological polar surface area (TPSA) is 56.7 Å². The standard InChI is InChI=1S/C49H30N4O/c1-3-15-31(16-4-1)34-29-40-45-39(49-51-47(33-18-5-2-6-19-33)50-48(52-49)38-24-13-20-32-17-7-8-21-35(32)38)25-14-28-44(45)54-46(40)43(30-34)53-41-26-11-9-22-36(41)37-23-10-12-27-42(37)53/h1-30H. The van der Waals surface area contributed by atoms with Crippen molar-refractivity contribution in [2.24, 2.45) is 0 Å². The van der Waals surface area contributed by atoms with Crippen molar-refractivity contribution in [1.82, 2.24) is 19.5 Å². The summed E-state index contributed by atoms with van der Waals surface area (Å²) >= 11 is 0. The van der Waals surface area contributed by atoms with Crippen molar-refractivity contribution in [3.8, 4) is 51.0 Å². The average Bonchev–Trinajstić information content (AvgIpc) is 3.80. The van der Waals surface area contributed by atoms with E-state index in [1.54, 1.807) is 0 Å². The van der Waals surface area contributed by atoms with Crippen molar-refractivity contribution in [3.05, 3.63) is 182 Å². The molecule has 5 nitrogen and oxygen atoms in total. The van der Waals surface area contributed by atoms with E-state index in [4.69, 9.17) is 19.4 Å². The monoisotopic (exact) mass is 690 g/mol. The van der Waals surface area contributed by atoms with Crippen LogP contribution in [-0.2, 0) is 0 Å². The van der Waals surface area contributed by atoms with Gasteiger partial charge in [0, 0.05) is 38.2 Å². The molecule has 0 aliphatic heterocycles. The SMILES string of the molecule is c1ccc(-c2cc(-n3c4ccccc4c4ccccc43)c3oc4cccc(-c5nc(-c6ccccc6)nc(-c6cccc7ccccc67)n5)c4c3c2)cc1. The Kier molecular flexibility index (Phi) is 6.79. The first-order chi connectivity index (χ1) is 26.8. The summed E-state index contributed by atoms with van der Waals surface area (Å²) in [5.74, 6) is 1.82. The minimum atomic E-state index is 0.587. The average molecular weight is 691 g/mol. The van der Waals surface area contributed by atoms with Gasteiger partial charge in [0.05, 0.1) is 16.7 Å². The molecule has 3 aromatic heterocycles. The van der Waals surface area contributed by atoms with Gasteiger partial charge in [0.15, 0.2) is 23.1 Å². The summed E-state index contributed by atoms with van der Waals surface area (Å²) in [6, 6.07) is 63.2. The van der Waals surface area contributed by atoms with E-state index < -0.39 is 0 Å². The van der Waals surface area contributed by atoms with Gasteiger partial charge in [-0.25, -0.2) is 15.0 Å². The van der Waals surface area contributed by atoms with E-state index in [1.807, 2.05) is 42.5 Å². The third-order valence-electron chi connectivity index (χ3n) is 10.4. The van der Waals surface area contributed by atoms with E-state index in [0.717, 1.165) is 77.2 Å². The molecule has 0 fully saturated rings. The van der Waals surface area contributed by atoms with Gasteiger partial charge < -0.3 is 8.98 Å². The van der Waals surface area contributed by atoms with Crippen LogP contribution in [0.1, 0.15) is 0 Å². The Balaban J connectivity index is 1.24. The molecule has 11 rings (SSSR count). The van der Waals surface area contributed by atoms with Crippen molar-refractivity contribution in [1.29, 1.82) is 0 Å². The maximum atomic E-state index is 6.95. The zero-order valence-corrected chi connectivity index (χ0v) is 29.0. The van der Waals surface area contributed by atoms with Crippen molar-refractivity contribution in [2.45, 2.75) is 0 Å². The summed E-state index contributed by atoms with van der Waals surface area (Å²) in [6.45, 7) is 0. The van der Waals surface area contributed by atoms with E-state index in [2.05, 4.69) is 144 Å². The fourth-order valence-electron chi connectivity index (χ4n) is 8.00. The Morgan fingerprint density at radius 2 is 0.944 bits per heavy atom. The summed E-state index contributed by atoms with van der Waals surface area (Å²) in [4.78, 5) is 15.5. The largest absolute Gasteiger partial charge is 0.454 e. The molecule has 54 heavy (non-hydrogen) atoms. The van der Waals surface area contributed by atoms with Crippen LogP contribution < -0.4 is 0 Å². The number of aromatic nitrogens is 4. The normalized spacial score (nSPS) is 11.7. The quantitative estimate of drug-likeness (QED) is 0.180. The van der Waals surface area contributed by atoms with Gasteiger partial charge in [-0.15, -0.1) is 0 Å². The van der Waals surface area contributed by atoms with Crippen LogP contribution in [0.2, 0.25) is 0 Å². The molecule has 0 aliphatic rings. The molecule has 8 aromatic carbocycles. The first kappa shape index (κ1) is 30.3. The molecule has 11 aromatic rings. The summed E-state index contributed by atoms with van der Waals surface area (Å²) < 4.78 is 9.30. The Bertz CT molecular complexity index is 3160. The Morgan fingerprint density at radius 1 is 0.389 bits per heavy atom. The molecule has 0 spiro atoms. The molecule has 0 saturated heterocycles. The van der Waals surface area contributed by atoms with E-state index in [0.29, 0.717) is 17.5 Å². The van der Waals surface area contributed by atoms with Crippen molar-refractivity contribution in [3.63, 3.8) is 0 Å². The molecule has 0 saturated carbocycles. The first-order valence-electron chi connectivity index (χ1n) is 18.1. The molecule has 0 amide bonds. The minimum absolute atomic E-state index is 0.587. The molecule has 0 aliphatic carbocycles. The van der Waals surface area contributed by atoms with Crippen LogP contribution in [0.5, 0.6) is 0 Å². The number of fused-ring (bicyclic) bond motifs is 7. The number of benzene rings is 8. The minimum Gasteiger partial charge on any atom is -0.454 e. The molecular weight excluding hydrogens is 661 g/mol. The smallest absolute Gasteiger partial charge is 0.164 e. The second-order valence-corrected chi connectivity index (χ2v) is 13.6. The number of rotatable bonds is 5. The van der Waals surface area contributed by atoms with Gasteiger partial charge in [-0.1, -0.05) is 152 Å². The summed E-state index contributed by atoms with van der Waals surface area (Å²) in [7, 11) is 0. The van der Waals surface area contributed by atoms with Gasteiger partial charge >= 0.3 is 0 Å². The van der Waals surface area contributed by atoms with Crippen LogP contribution in [0.25, 0.3) is 105 Å². The highest BCUT2D eigenvalue weighted by Crippen LogP contribution is 2.43. The van der Waals surface area contributed by atoms with Crippen LogP contribution in [0.15, 0.2) is 186 Å². The zero-order chi connectivity index (χ0) is 35.6. The number of hydrogen-bond donors (Lipinski definition) is 0. The Morgan fingerprint density at radius 3 is 1.69 bits per heavy atom. The molecule has 0 bridgehead atoms. The second kappa shape index (κ2) is 12.1. The van der Waals surface area contributed by atoms with Crippen LogP contribution in [-0.4, -0.2) is 19.5 Å². The molecule has 0 unspecified atom stereocenters. The third-order valence-corrected chi connectivity index (χ3v) is 10.4. The van der Waals surface area contributed by atoms with Gasteiger partial charge in [-0.3, -0.25) is 0 Å². The number of para-hydroxylation sites is 2. The Hall–Kier alpha value is -7.37. The van der Waals surface area contributed by atoms with Gasteiger partial charge in [0.25, 0.3) is 0 Å². The Labute approximate surface area is 310 Å². The fourth-order valence-corrected chi connectivity index (χ4v) is 8.00. The zero-order valence-electron chi connectivity index (χ0n) is 29.0. The highest BCUT2D eigenvalue weighted by Gasteiger charge is 2.23. The predicted octanol–water partition coefficient (Wildman–Crippen LogP) is 12.7. The van der Waals surface area contributed by atoms with E-state index in [9.17, 15) is 0 Å². The lowest BCUT2D eigenvalue weighted by atomic mass is 9.99. The van der Waals surface area contributed by atoms with Crippen LogP contribution in [0, 0.1) is 0 Å². The van der Waals surface area contributed by atoms with Crippen molar-refractivity contribution >= 4 is 54.5 Å². The van der Waals surface area contributed by atoms with Gasteiger partial charge in [-0.05, 0) is 52.2 Å². The van der Waals surface area contributed by atoms with Gasteiger partial charge in [0.1, 0.15) is 5.58 Å². The predicted molar refractivity (Wildman–Crippen MR) is 221 cm³/mol. The lowest BCUT2D eigenvalue weighted by molar-refractivity contribution is 0.666. The molecule has 0 radical (unpaired) electrons. The summed E-state index contributed by atoms with van der Waals surface area (Å²) in [5.41, 5.74) is 9.76. The first-order valence-corrected chi connectivity index (χ1v) is 18.1. The maximum Gasteiger partial charge on any atom is 0.164 e. The molecule has 5 heteroatoms. The maximum absolute atomic E-state index is 6.95. The van der Waals surface area contributed by atoms with Crippen molar-refractivity contribution < 1.29 is 4.42 Å². The van der Waals surface area contributed by atoms with Crippen molar-refractivity contribution in [2.75, 3.05) is 0 Å². The van der Waals surface area contributed by atoms with Gasteiger partial charge in [-0.2, -0.15) is 0 Å². The van der Waals surface area contributed by atoms with Gasteiger partial charge in [0.2, 0.25) is 0 Å². The number of furan rings is 1. The molecular formula is C49H30N4O. The van der Waals surface area contributed by atoms with E-state index in [-0.39, 0.29) is 0 Å². The number of nitrogens with zero attached hydrogens (tertiary/aromatic N) is 4. The van der Waals surface area contributed by atoms with Crippen LogP contribution in [0.3, 0.4) is 0 Å². The fraction of sp³-hybridized carbons (Fsp3) is 0. The lowest BCUT2D eigenvalue weighted by Crippen LogP contribution is -2.00. The number of hydrogen-bond acceptors (Lipinski definition) is 4. The van der Waals surface area contributed by atoms with Crippen LogP contribution >= 0.6 is 0 Å².